The quantitative estimate of drug-likeness (QED) is 0.721. The Labute approximate surface area is 188 Å². The number of nitrogens with zero attached hydrogens (tertiary/aromatic N) is 3. The van der Waals surface area contributed by atoms with Crippen molar-refractivity contribution in [2.45, 2.75) is 51.6 Å². The van der Waals surface area contributed by atoms with Crippen molar-refractivity contribution in [3.05, 3.63) is 42.1 Å². The molecule has 2 aliphatic rings. The summed E-state index contributed by atoms with van der Waals surface area (Å²) in [6.07, 6.45) is 5.04. The lowest BCUT2D eigenvalue weighted by Crippen LogP contribution is -2.45. The number of rotatable bonds is 3. The number of carbonyl (C=O) groups is 2. The fourth-order valence-electron chi connectivity index (χ4n) is 4.68. The summed E-state index contributed by atoms with van der Waals surface area (Å²) in [7, 11) is 0. The van der Waals surface area contributed by atoms with Crippen LogP contribution in [0.15, 0.2) is 36.5 Å². The first kappa shape index (κ1) is 22.9. The van der Waals surface area contributed by atoms with Crippen molar-refractivity contribution < 1.29 is 14.7 Å². The molecule has 2 atom stereocenters. The van der Waals surface area contributed by atoms with Crippen LogP contribution < -0.4 is 15.1 Å². The maximum atomic E-state index is 12.2. The van der Waals surface area contributed by atoms with Gasteiger partial charge in [-0.2, -0.15) is 0 Å². The Balaban J connectivity index is 0.00000272. The molecule has 3 heterocycles. The van der Waals surface area contributed by atoms with Crippen LogP contribution in [0.3, 0.4) is 0 Å². The second-order valence-corrected chi connectivity index (χ2v) is 8.20. The van der Waals surface area contributed by atoms with Gasteiger partial charge in [-0.15, -0.1) is 12.4 Å². The first-order chi connectivity index (χ1) is 14.4. The summed E-state index contributed by atoms with van der Waals surface area (Å²) in [5, 5.41) is 11.9. The summed E-state index contributed by atoms with van der Waals surface area (Å²) < 4.78 is 0. The number of amides is 2. The van der Waals surface area contributed by atoms with Gasteiger partial charge in [0.1, 0.15) is 5.82 Å². The number of carboxylic acid groups (broad SMARTS) is 1. The van der Waals surface area contributed by atoms with E-state index in [9.17, 15) is 14.7 Å². The highest BCUT2D eigenvalue weighted by atomic mass is 35.5. The molecule has 2 aromatic rings. The largest absolute Gasteiger partial charge is 0.465 e. The van der Waals surface area contributed by atoms with Crippen LogP contribution in [0.25, 0.3) is 11.1 Å². The van der Waals surface area contributed by atoms with Gasteiger partial charge in [0.25, 0.3) is 0 Å². The number of piperidine rings is 1. The minimum absolute atomic E-state index is 0. The number of pyridine rings is 1. The average molecular weight is 445 g/mol. The summed E-state index contributed by atoms with van der Waals surface area (Å²) in [5.41, 5.74) is 3.52. The number of anilines is 2. The molecule has 0 bridgehead atoms. The molecule has 2 amide bonds. The molecule has 0 aliphatic carbocycles. The molecule has 1 fully saturated rings. The topological polar surface area (TPSA) is 85.8 Å². The number of benzene rings is 1. The molecule has 31 heavy (non-hydrogen) atoms. The van der Waals surface area contributed by atoms with E-state index in [1.807, 2.05) is 31.3 Å². The smallest absolute Gasteiger partial charge is 0.405 e. The third kappa shape index (κ3) is 4.77. The Hall–Kier alpha value is -2.80. The van der Waals surface area contributed by atoms with Crippen LogP contribution in [0, 0.1) is 0 Å². The standard InChI is InChI=1S/C23H28N4O3.ClH/c1-15-12-20(25-23(29)30)19-13-17(6-8-21(19)27(15)16(2)28)18-7-9-22(24-14-18)26-10-4-3-5-11-26;/h6-9,13-15,20,25H,3-5,10-12H2,1-2H3,(H,29,30);1H/t15-,20+;/m1./s1. The van der Waals surface area contributed by atoms with E-state index in [0.29, 0.717) is 6.42 Å². The molecule has 1 aromatic heterocycles. The Morgan fingerprint density at radius 2 is 1.81 bits per heavy atom. The predicted molar refractivity (Wildman–Crippen MR) is 124 cm³/mol. The first-order valence-electron chi connectivity index (χ1n) is 10.6. The molecule has 166 valence electrons. The molecule has 0 radical (unpaired) electrons. The van der Waals surface area contributed by atoms with E-state index >= 15 is 0 Å². The lowest BCUT2D eigenvalue weighted by Gasteiger charge is -2.39. The van der Waals surface area contributed by atoms with E-state index < -0.39 is 6.09 Å². The van der Waals surface area contributed by atoms with Gasteiger partial charge in [-0.05, 0) is 68.0 Å². The van der Waals surface area contributed by atoms with Crippen LogP contribution in [0.5, 0.6) is 0 Å². The molecule has 2 aliphatic heterocycles. The summed E-state index contributed by atoms with van der Waals surface area (Å²) >= 11 is 0. The van der Waals surface area contributed by atoms with Gasteiger partial charge in [0.05, 0.1) is 6.04 Å². The lowest BCUT2D eigenvalue weighted by atomic mass is 9.89. The minimum Gasteiger partial charge on any atom is -0.465 e. The monoisotopic (exact) mass is 444 g/mol. The Kier molecular flexibility index (Phi) is 7.05. The number of carbonyl (C=O) groups excluding carboxylic acids is 1. The number of halogens is 1. The summed E-state index contributed by atoms with van der Waals surface area (Å²) in [5.74, 6) is 0.955. The number of aromatic nitrogens is 1. The second kappa shape index (κ2) is 9.56. The van der Waals surface area contributed by atoms with E-state index in [1.165, 1.54) is 19.3 Å². The number of hydrogen-bond acceptors (Lipinski definition) is 4. The van der Waals surface area contributed by atoms with E-state index in [-0.39, 0.29) is 30.4 Å². The van der Waals surface area contributed by atoms with Crippen molar-refractivity contribution in [2.75, 3.05) is 22.9 Å². The number of nitrogens with one attached hydrogen (secondary N) is 1. The van der Waals surface area contributed by atoms with Gasteiger partial charge in [-0.25, -0.2) is 9.78 Å². The molecule has 1 saturated heterocycles. The van der Waals surface area contributed by atoms with Crippen LogP contribution in [0.1, 0.15) is 51.1 Å². The molecule has 0 unspecified atom stereocenters. The van der Waals surface area contributed by atoms with Gasteiger partial charge >= 0.3 is 6.09 Å². The molecular formula is C23H29ClN4O3. The Bertz CT molecular complexity index is 944. The lowest BCUT2D eigenvalue weighted by molar-refractivity contribution is -0.117. The predicted octanol–water partition coefficient (Wildman–Crippen LogP) is 4.61. The fraction of sp³-hybridized carbons (Fsp3) is 0.435. The van der Waals surface area contributed by atoms with Crippen molar-refractivity contribution in [3.8, 4) is 11.1 Å². The Morgan fingerprint density at radius 3 is 2.42 bits per heavy atom. The van der Waals surface area contributed by atoms with Crippen molar-refractivity contribution in [2.24, 2.45) is 0 Å². The van der Waals surface area contributed by atoms with Crippen molar-refractivity contribution in [3.63, 3.8) is 0 Å². The number of hydrogen-bond donors (Lipinski definition) is 2. The van der Waals surface area contributed by atoms with Crippen molar-refractivity contribution in [1.82, 2.24) is 10.3 Å². The fourth-order valence-corrected chi connectivity index (χ4v) is 4.68. The molecule has 0 spiro atoms. The molecule has 4 rings (SSSR count). The van der Waals surface area contributed by atoms with Gasteiger partial charge in [-0.3, -0.25) is 4.79 Å². The molecule has 1 aromatic carbocycles. The van der Waals surface area contributed by atoms with Gasteiger partial charge in [0.15, 0.2) is 0 Å². The Morgan fingerprint density at radius 1 is 1.10 bits per heavy atom. The first-order valence-corrected chi connectivity index (χ1v) is 10.6. The van der Waals surface area contributed by atoms with Gasteiger partial charge < -0.3 is 20.2 Å². The SMILES string of the molecule is CC(=O)N1c2ccc(-c3ccc(N4CCCCC4)nc3)cc2[C@@H](NC(=O)O)C[C@H]1C.Cl. The molecule has 7 nitrogen and oxygen atoms in total. The average Bonchev–Trinajstić information content (AvgIpc) is 2.73. The van der Waals surface area contributed by atoms with Gasteiger partial charge in [-0.1, -0.05) is 6.07 Å². The maximum absolute atomic E-state index is 12.2. The molecular weight excluding hydrogens is 416 g/mol. The van der Waals surface area contributed by atoms with Gasteiger partial charge in [0, 0.05) is 43.5 Å². The van der Waals surface area contributed by atoms with Crippen molar-refractivity contribution >= 4 is 35.9 Å². The highest BCUT2D eigenvalue weighted by Crippen LogP contribution is 2.39. The molecule has 0 saturated carbocycles. The zero-order valence-corrected chi connectivity index (χ0v) is 18.7. The maximum Gasteiger partial charge on any atom is 0.405 e. The summed E-state index contributed by atoms with van der Waals surface area (Å²) in [4.78, 5) is 32.3. The minimum atomic E-state index is -1.06. The van der Waals surface area contributed by atoms with E-state index in [2.05, 4.69) is 27.3 Å². The number of fused-ring (bicyclic) bond motifs is 1. The highest BCUT2D eigenvalue weighted by Gasteiger charge is 2.33. The van der Waals surface area contributed by atoms with Crippen molar-refractivity contribution in [1.29, 1.82) is 0 Å². The molecule has 8 heteroatoms. The van der Waals surface area contributed by atoms with Crippen LogP contribution in [-0.4, -0.2) is 41.2 Å². The van der Waals surface area contributed by atoms with Crippen LogP contribution >= 0.6 is 12.4 Å². The van der Waals surface area contributed by atoms with E-state index in [4.69, 9.17) is 0 Å². The zero-order chi connectivity index (χ0) is 21.3. The third-order valence-corrected chi connectivity index (χ3v) is 6.08. The summed E-state index contributed by atoms with van der Waals surface area (Å²) in [6, 6.07) is 9.55. The van der Waals surface area contributed by atoms with Crippen LogP contribution in [0.4, 0.5) is 16.3 Å². The second-order valence-electron chi connectivity index (χ2n) is 8.20. The van der Waals surface area contributed by atoms with E-state index in [0.717, 1.165) is 41.3 Å². The van der Waals surface area contributed by atoms with Crippen LogP contribution in [0.2, 0.25) is 0 Å². The normalized spacial score (nSPS) is 20.5. The molecule has 2 N–H and O–H groups in total. The zero-order valence-electron chi connectivity index (χ0n) is 17.9. The summed E-state index contributed by atoms with van der Waals surface area (Å²) in [6.45, 7) is 5.58. The van der Waals surface area contributed by atoms with Gasteiger partial charge in [0.2, 0.25) is 5.91 Å². The third-order valence-electron chi connectivity index (χ3n) is 6.08. The van der Waals surface area contributed by atoms with E-state index in [1.54, 1.807) is 11.8 Å². The van der Waals surface area contributed by atoms with Crippen LogP contribution in [-0.2, 0) is 4.79 Å². The highest BCUT2D eigenvalue weighted by molar-refractivity contribution is 5.94.